The van der Waals surface area contributed by atoms with E-state index >= 15 is 0 Å². The van der Waals surface area contributed by atoms with Crippen molar-refractivity contribution in [2.45, 2.75) is 0 Å². The lowest BCUT2D eigenvalue weighted by Gasteiger charge is -2.31. The van der Waals surface area contributed by atoms with Crippen LogP contribution in [0.25, 0.3) is 0 Å². The van der Waals surface area contributed by atoms with Crippen molar-refractivity contribution in [3.63, 3.8) is 0 Å². The van der Waals surface area contributed by atoms with E-state index in [9.17, 15) is 15.2 Å². The summed E-state index contributed by atoms with van der Waals surface area (Å²) in [4.78, 5) is 11.0. The second-order valence-electron chi connectivity index (χ2n) is 6.93. The van der Waals surface area contributed by atoms with Gasteiger partial charge < -0.3 is 5.11 Å². The maximum absolute atomic E-state index is 11.5. The quantitative estimate of drug-likeness (QED) is 0.238. The molecule has 0 aliphatic heterocycles. The van der Waals surface area contributed by atoms with E-state index in [0.29, 0.717) is 5.56 Å². The molecule has 4 nitrogen and oxygen atoms in total. The SMILES string of the molecule is O=[N+]([O-])c1ccc(O)c(C(Br)=P(c2ccccc2)(c2ccccc2)c2ccccc2)c1. The van der Waals surface area contributed by atoms with Gasteiger partial charge in [-0.1, -0.05) is 91.0 Å². The Morgan fingerprint density at radius 1 is 0.742 bits per heavy atom. The van der Waals surface area contributed by atoms with Gasteiger partial charge in [0.05, 0.1) is 4.92 Å². The van der Waals surface area contributed by atoms with Crippen LogP contribution in [-0.2, 0) is 0 Å². The van der Waals surface area contributed by atoms with Gasteiger partial charge in [-0.2, -0.15) is 0 Å². The van der Waals surface area contributed by atoms with Crippen molar-refractivity contribution >= 4 is 48.6 Å². The number of phenolic OH excluding ortho intramolecular Hbond substituents is 1. The minimum Gasteiger partial charge on any atom is -0.507 e. The zero-order chi connectivity index (χ0) is 21.8. The molecule has 0 heterocycles. The molecule has 0 unspecified atom stereocenters. The Morgan fingerprint density at radius 3 is 1.55 bits per heavy atom. The van der Waals surface area contributed by atoms with Gasteiger partial charge in [0.2, 0.25) is 0 Å². The van der Waals surface area contributed by atoms with Crippen molar-refractivity contribution in [1.29, 1.82) is 0 Å². The summed E-state index contributed by atoms with van der Waals surface area (Å²) in [5, 5.41) is 25.4. The molecule has 0 spiro atoms. The lowest BCUT2D eigenvalue weighted by Crippen LogP contribution is -2.29. The molecule has 0 bridgehead atoms. The number of rotatable bonds is 5. The third-order valence-corrected chi connectivity index (χ3v) is 11.2. The van der Waals surface area contributed by atoms with Crippen LogP contribution in [0.1, 0.15) is 5.56 Å². The van der Waals surface area contributed by atoms with E-state index in [1.807, 2.05) is 54.6 Å². The Labute approximate surface area is 189 Å². The maximum Gasteiger partial charge on any atom is 0.270 e. The molecule has 0 aromatic heterocycles. The van der Waals surface area contributed by atoms with Crippen LogP contribution in [-0.4, -0.2) is 14.2 Å². The van der Waals surface area contributed by atoms with Crippen LogP contribution in [0.4, 0.5) is 5.69 Å². The molecule has 1 N–H and O–H groups in total. The molecule has 0 aliphatic rings. The summed E-state index contributed by atoms with van der Waals surface area (Å²) in [5.74, 6) is -0.00959. The fourth-order valence-corrected chi connectivity index (χ4v) is 9.86. The zero-order valence-electron chi connectivity index (χ0n) is 16.4. The summed E-state index contributed by atoms with van der Waals surface area (Å²) >= 11 is 3.84. The van der Waals surface area contributed by atoms with Crippen molar-refractivity contribution in [3.8, 4) is 5.75 Å². The van der Waals surface area contributed by atoms with Gasteiger partial charge >= 0.3 is 0 Å². The van der Waals surface area contributed by atoms with Gasteiger partial charge in [0.1, 0.15) is 5.75 Å². The first kappa shape index (κ1) is 21.1. The minimum atomic E-state index is -2.49. The molecule has 31 heavy (non-hydrogen) atoms. The number of hydrogen-bond donors (Lipinski definition) is 1. The number of nitrogens with zero attached hydrogens (tertiary/aromatic N) is 1. The van der Waals surface area contributed by atoms with Crippen LogP contribution in [0.3, 0.4) is 0 Å². The first-order valence-corrected chi connectivity index (χ1v) is 12.2. The molecular formula is C25H19BrNO3P. The predicted molar refractivity (Wildman–Crippen MR) is 133 cm³/mol. The van der Waals surface area contributed by atoms with Gasteiger partial charge in [-0.05, 0) is 44.8 Å². The average Bonchev–Trinajstić information content (AvgIpc) is 2.82. The van der Waals surface area contributed by atoms with Gasteiger partial charge in [-0.15, -0.1) is 0 Å². The Bertz CT molecular complexity index is 1170. The maximum atomic E-state index is 11.5. The summed E-state index contributed by atoms with van der Waals surface area (Å²) in [7, 11) is 0. The molecule has 154 valence electrons. The fraction of sp³-hybridized carbons (Fsp3) is 0. The monoisotopic (exact) mass is 491 g/mol. The van der Waals surface area contributed by atoms with Crippen molar-refractivity contribution in [2.24, 2.45) is 0 Å². The first-order valence-electron chi connectivity index (χ1n) is 9.62. The van der Waals surface area contributed by atoms with Crippen molar-refractivity contribution in [1.82, 2.24) is 0 Å². The van der Waals surface area contributed by atoms with E-state index in [-0.39, 0.29) is 11.4 Å². The number of nitro groups is 1. The standard InChI is InChI=1S/C25H19BrNO3P/c26-25(23-18-19(27(29)30)16-17-24(23)28)31(20-10-4-1-5-11-20,21-12-6-2-7-13-21)22-14-8-3-9-15-22/h1-18,28H. The Hall–Kier alpha value is -3.14. The Kier molecular flexibility index (Phi) is 6.08. The van der Waals surface area contributed by atoms with Crippen LogP contribution in [0.15, 0.2) is 109 Å². The largest absolute Gasteiger partial charge is 0.507 e. The summed E-state index contributed by atoms with van der Waals surface area (Å²) in [5.41, 5.74) is 0.344. The zero-order valence-corrected chi connectivity index (χ0v) is 18.9. The minimum absolute atomic E-state index is 0.00959. The normalized spacial score (nSPS) is 11.1. The molecule has 4 aromatic rings. The van der Waals surface area contributed by atoms with Crippen LogP contribution in [0.5, 0.6) is 5.75 Å². The van der Waals surface area contributed by atoms with E-state index in [4.69, 9.17) is 0 Å². The number of phenols is 1. The van der Waals surface area contributed by atoms with E-state index < -0.39 is 11.8 Å². The molecule has 6 heteroatoms. The van der Waals surface area contributed by atoms with E-state index in [2.05, 4.69) is 52.3 Å². The summed E-state index contributed by atoms with van der Waals surface area (Å²) in [6, 6.07) is 34.4. The highest BCUT2D eigenvalue weighted by Crippen LogP contribution is 2.50. The molecule has 4 rings (SSSR count). The van der Waals surface area contributed by atoms with E-state index in [1.54, 1.807) is 0 Å². The van der Waals surface area contributed by atoms with Crippen molar-refractivity contribution in [2.75, 3.05) is 0 Å². The van der Waals surface area contributed by atoms with E-state index in [0.717, 1.165) is 20.1 Å². The molecule has 4 aromatic carbocycles. The molecular weight excluding hydrogens is 473 g/mol. The third kappa shape index (κ3) is 3.83. The summed E-state index contributed by atoms with van der Waals surface area (Å²) in [6.45, 7) is -2.49. The average molecular weight is 492 g/mol. The predicted octanol–water partition coefficient (Wildman–Crippen LogP) is 5.17. The molecule has 0 aliphatic carbocycles. The lowest BCUT2D eigenvalue weighted by molar-refractivity contribution is -0.384. The second-order valence-corrected chi connectivity index (χ2v) is 11.7. The fourth-order valence-electron chi connectivity index (χ4n) is 3.73. The van der Waals surface area contributed by atoms with Crippen LogP contribution >= 0.6 is 22.8 Å². The topological polar surface area (TPSA) is 63.4 Å². The van der Waals surface area contributed by atoms with Gasteiger partial charge in [0.15, 0.2) is 0 Å². The Morgan fingerprint density at radius 2 is 1.16 bits per heavy atom. The number of halogens is 1. The highest BCUT2D eigenvalue weighted by Gasteiger charge is 2.31. The van der Waals surface area contributed by atoms with Gasteiger partial charge in [-0.3, -0.25) is 10.1 Å². The van der Waals surface area contributed by atoms with Crippen molar-refractivity contribution < 1.29 is 10.0 Å². The molecule has 0 radical (unpaired) electrons. The lowest BCUT2D eigenvalue weighted by atomic mass is 10.2. The third-order valence-electron chi connectivity index (χ3n) is 5.14. The number of hydrogen-bond acceptors (Lipinski definition) is 3. The molecule has 0 amide bonds. The smallest absolute Gasteiger partial charge is 0.270 e. The van der Waals surface area contributed by atoms with Gasteiger partial charge in [0, 0.05) is 21.9 Å². The number of benzene rings is 4. The first-order chi connectivity index (χ1) is 15.0. The van der Waals surface area contributed by atoms with Crippen LogP contribution in [0.2, 0.25) is 0 Å². The van der Waals surface area contributed by atoms with E-state index in [1.165, 1.54) is 18.2 Å². The molecule has 0 atom stereocenters. The highest BCUT2D eigenvalue weighted by molar-refractivity contribution is 9.20. The summed E-state index contributed by atoms with van der Waals surface area (Å²) in [6.07, 6.45) is 0. The van der Waals surface area contributed by atoms with Crippen LogP contribution < -0.4 is 15.9 Å². The number of aromatic hydroxyl groups is 1. The highest BCUT2D eigenvalue weighted by atomic mass is 79.9. The second kappa shape index (κ2) is 8.93. The molecule has 0 fully saturated rings. The molecule has 0 saturated heterocycles. The van der Waals surface area contributed by atoms with Crippen molar-refractivity contribution in [3.05, 3.63) is 125 Å². The number of non-ortho nitro benzene ring substituents is 1. The number of nitro benzene ring substituents is 1. The van der Waals surface area contributed by atoms with Gasteiger partial charge in [-0.25, -0.2) is 0 Å². The molecule has 0 saturated carbocycles. The summed E-state index contributed by atoms with van der Waals surface area (Å²) < 4.78 is 0.727. The van der Waals surface area contributed by atoms with Gasteiger partial charge in [0.25, 0.3) is 5.69 Å². The van der Waals surface area contributed by atoms with Crippen LogP contribution in [0, 0.1) is 10.1 Å². The Balaban J connectivity index is 2.23.